The largest absolute Gasteiger partial charge is 0.494 e. The van der Waals surface area contributed by atoms with Gasteiger partial charge < -0.3 is 10.1 Å². The van der Waals surface area contributed by atoms with Crippen molar-refractivity contribution in [1.82, 2.24) is 15.0 Å². The molecule has 8 heteroatoms. The highest BCUT2D eigenvalue weighted by atomic mass is 35.5. The number of carbonyl (C=O) groups excluding carboxylic acids is 1. The summed E-state index contributed by atoms with van der Waals surface area (Å²) in [6.07, 6.45) is 0. The third-order valence-electron chi connectivity index (χ3n) is 4.43. The first-order valence-electron chi connectivity index (χ1n) is 8.74. The number of hydrogen-bond donors (Lipinski definition) is 1. The number of halogens is 2. The van der Waals surface area contributed by atoms with Crippen LogP contribution in [0.4, 0.5) is 5.69 Å². The minimum absolute atomic E-state index is 0.267. The van der Waals surface area contributed by atoms with E-state index in [1.165, 1.54) is 19.2 Å². The molecule has 0 unspecified atom stereocenters. The Hall–Kier alpha value is -3.09. The van der Waals surface area contributed by atoms with Crippen molar-refractivity contribution in [2.45, 2.75) is 6.92 Å². The fourth-order valence-electron chi connectivity index (χ4n) is 2.96. The van der Waals surface area contributed by atoms with Crippen molar-refractivity contribution in [1.29, 1.82) is 0 Å². The number of rotatable bonds is 4. The monoisotopic (exact) mass is 426 g/mol. The number of anilines is 1. The van der Waals surface area contributed by atoms with Gasteiger partial charge in [-0.3, -0.25) is 4.79 Å². The fourth-order valence-corrected chi connectivity index (χ4v) is 3.60. The number of carbonyl (C=O) groups is 1. The van der Waals surface area contributed by atoms with Gasteiger partial charge in [-0.15, -0.1) is 10.2 Å². The van der Waals surface area contributed by atoms with E-state index in [1.807, 2.05) is 43.3 Å². The van der Waals surface area contributed by atoms with Crippen LogP contribution in [-0.4, -0.2) is 28.0 Å². The summed E-state index contributed by atoms with van der Waals surface area (Å²) in [5.74, 6) is -0.00522. The Labute approximate surface area is 177 Å². The Morgan fingerprint density at radius 3 is 2.24 bits per heavy atom. The van der Waals surface area contributed by atoms with Crippen molar-refractivity contribution in [2.24, 2.45) is 0 Å². The normalized spacial score (nSPS) is 10.9. The van der Waals surface area contributed by atoms with Crippen LogP contribution in [0.5, 0.6) is 5.75 Å². The van der Waals surface area contributed by atoms with Crippen LogP contribution in [0, 0.1) is 6.92 Å². The molecule has 0 spiro atoms. The van der Waals surface area contributed by atoms with E-state index in [4.69, 9.17) is 27.9 Å². The molecular formula is C21H16Cl2N4O2. The van der Waals surface area contributed by atoms with Gasteiger partial charge in [-0.2, -0.15) is 4.80 Å². The Morgan fingerprint density at radius 2 is 1.62 bits per heavy atom. The number of aryl methyl sites for hydroxylation is 1. The Bertz CT molecular complexity index is 1200. The summed E-state index contributed by atoms with van der Waals surface area (Å²) in [6.45, 7) is 1.89. The third kappa shape index (κ3) is 3.77. The Kier molecular flexibility index (Phi) is 5.13. The number of methoxy groups -OCH3 is 1. The molecule has 0 bridgehead atoms. The molecular weight excluding hydrogens is 411 g/mol. The summed E-state index contributed by atoms with van der Waals surface area (Å²) in [4.78, 5) is 14.3. The van der Waals surface area contributed by atoms with Crippen molar-refractivity contribution in [3.63, 3.8) is 0 Å². The predicted octanol–water partition coefficient (Wildman–Crippen LogP) is 5.30. The van der Waals surface area contributed by atoms with Crippen LogP contribution in [0.15, 0.2) is 54.6 Å². The van der Waals surface area contributed by atoms with E-state index < -0.39 is 0 Å². The van der Waals surface area contributed by atoms with E-state index in [0.717, 1.165) is 16.8 Å². The first-order chi connectivity index (χ1) is 14.0. The van der Waals surface area contributed by atoms with E-state index in [1.54, 1.807) is 10.9 Å². The fraction of sp³-hybridized carbons (Fsp3) is 0.0952. The Balaban J connectivity index is 1.66. The lowest BCUT2D eigenvalue weighted by Crippen LogP contribution is -2.13. The van der Waals surface area contributed by atoms with Gasteiger partial charge in [0.15, 0.2) is 5.75 Å². The zero-order valence-electron chi connectivity index (χ0n) is 15.6. The van der Waals surface area contributed by atoms with Gasteiger partial charge in [0, 0.05) is 11.3 Å². The maximum absolute atomic E-state index is 12.7. The minimum Gasteiger partial charge on any atom is -0.494 e. The molecule has 0 atom stereocenters. The number of hydrogen-bond acceptors (Lipinski definition) is 4. The molecule has 29 heavy (non-hydrogen) atoms. The van der Waals surface area contributed by atoms with Gasteiger partial charge in [0.1, 0.15) is 11.0 Å². The third-order valence-corrected chi connectivity index (χ3v) is 4.99. The quantitative estimate of drug-likeness (QED) is 0.480. The summed E-state index contributed by atoms with van der Waals surface area (Å²) in [6, 6.07) is 16.3. The maximum atomic E-state index is 12.7. The van der Waals surface area contributed by atoms with Crippen LogP contribution in [0.3, 0.4) is 0 Å². The van der Waals surface area contributed by atoms with E-state index in [0.29, 0.717) is 22.5 Å². The molecule has 0 saturated heterocycles. The molecule has 0 fully saturated rings. The summed E-state index contributed by atoms with van der Waals surface area (Å²) < 4.78 is 5.12. The van der Waals surface area contributed by atoms with Crippen LogP contribution in [0.2, 0.25) is 10.0 Å². The molecule has 4 rings (SSSR count). The highest BCUT2D eigenvalue weighted by Gasteiger charge is 2.15. The van der Waals surface area contributed by atoms with Gasteiger partial charge in [0.05, 0.1) is 22.8 Å². The number of amides is 1. The van der Waals surface area contributed by atoms with Gasteiger partial charge in [-0.25, -0.2) is 0 Å². The highest BCUT2D eigenvalue weighted by molar-refractivity contribution is 6.37. The average molecular weight is 427 g/mol. The molecule has 1 N–H and O–H groups in total. The zero-order valence-corrected chi connectivity index (χ0v) is 17.1. The van der Waals surface area contributed by atoms with Gasteiger partial charge in [0.25, 0.3) is 5.91 Å². The summed E-state index contributed by atoms with van der Waals surface area (Å²) in [5.41, 5.74) is 4.07. The smallest absolute Gasteiger partial charge is 0.255 e. The number of benzene rings is 3. The van der Waals surface area contributed by atoms with Crippen LogP contribution in [-0.2, 0) is 0 Å². The molecule has 1 heterocycles. The van der Waals surface area contributed by atoms with Crippen LogP contribution in [0.25, 0.3) is 16.7 Å². The molecule has 0 aliphatic heterocycles. The molecule has 0 saturated carbocycles. The van der Waals surface area contributed by atoms with Gasteiger partial charge in [0.2, 0.25) is 0 Å². The van der Waals surface area contributed by atoms with Gasteiger partial charge >= 0.3 is 0 Å². The lowest BCUT2D eigenvalue weighted by atomic mass is 10.1. The van der Waals surface area contributed by atoms with Gasteiger partial charge in [-0.1, -0.05) is 41.4 Å². The van der Waals surface area contributed by atoms with E-state index in [-0.39, 0.29) is 16.0 Å². The lowest BCUT2D eigenvalue weighted by Gasteiger charge is -2.11. The number of ether oxygens (including phenoxy) is 1. The molecule has 146 valence electrons. The number of para-hydroxylation sites is 1. The summed E-state index contributed by atoms with van der Waals surface area (Å²) in [7, 11) is 1.47. The van der Waals surface area contributed by atoms with Crippen molar-refractivity contribution in [2.75, 3.05) is 12.4 Å². The predicted molar refractivity (Wildman–Crippen MR) is 115 cm³/mol. The van der Waals surface area contributed by atoms with Crippen molar-refractivity contribution in [3.05, 3.63) is 75.8 Å². The minimum atomic E-state index is -0.339. The standard InChI is InChI=1S/C21H16Cl2N4O2/c1-12-8-18-19(26-27(25-18)14-6-4-3-5-7-14)11-17(12)24-21(28)13-9-15(22)20(29-2)16(23)10-13/h3-11H,1-2H3,(H,24,28). The molecule has 0 aliphatic rings. The summed E-state index contributed by atoms with van der Waals surface area (Å²) >= 11 is 12.3. The molecule has 0 radical (unpaired) electrons. The van der Waals surface area contributed by atoms with Crippen molar-refractivity contribution >= 4 is 45.8 Å². The maximum Gasteiger partial charge on any atom is 0.255 e. The van der Waals surface area contributed by atoms with Crippen LogP contribution in [0.1, 0.15) is 15.9 Å². The first kappa shape index (κ1) is 19.2. The van der Waals surface area contributed by atoms with Gasteiger partial charge in [-0.05, 0) is 48.9 Å². The number of nitrogens with zero attached hydrogens (tertiary/aromatic N) is 3. The zero-order chi connectivity index (χ0) is 20.5. The first-order valence-corrected chi connectivity index (χ1v) is 9.49. The summed E-state index contributed by atoms with van der Waals surface area (Å²) in [5, 5.41) is 12.4. The second-order valence-electron chi connectivity index (χ2n) is 6.41. The lowest BCUT2D eigenvalue weighted by molar-refractivity contribution is 0.102. The molecule has 0 aliphatic carbocycles. The van der Waals surface area contributed by atoms with E-state index in [9.17, 15) is 4.79 Å². The van der Waals surface area contributed by atoms with E-state index >= 15 is 0 Å². The number of aromatic nitrogens is 3. The van der Waals surface area contributed by atoms with Crippen LogP contribution < -0.4 is 10.1 Å². The Morgan fingerprint density at radius 1 is 1.00 bits per heavy atom. The second kappa shape index (κ2) is 7.73. The van der Waals surface area contributed by atoms with E-state index in [2.05, 4.69) is 15.5 Å². The SMILES string of the molecule is COc1c(Cl)cc(C(=O)Nc2cc3nn(-c4ccccc4)nc3cc2C)cc1Cl. The van der Waals surface area contributed by atoms with Crippen molar-refractivity contribution < 1.29 is 9.53 Å². The number of nitrogens with one attached hydrogen (secondary N) is 1. The molecule has 1 amide bonds. The number of fused-ring (bicyclic) bond motifs is 1. The molecule has 1 aromatic heterocycles. The molecule has 4 aromatic rings. The second-order valence-corrected chi connectivity index (χ2v) is 7.22. The molecule has 3 aromatic carbocycles. The highest BCUT2D eigenvalue weighted by Crippen LogP contribution is 2.34. The van der Waals surface area contributed by atoms with Crippen LogP contribution >= 0.6 is 23.2 Å². The topological polar surface area (TPSA) is 69.0 Å². The average Bonchev–Trinajstić information content (AvgIpc) is 3.11. The molecule has 6 nitrogen and oxygen atoms in total. The van der Waals surface area contributed by atoms with Crippen molar-refractivity contribution in [3.8, 4) is 11.4 Å².